The van der Waals surface area contributed by atoms with E-state index in [1.54, 1.807) is 14.2 Å². The molecule has 0 aliphatic heterocycles. The summed E-state index contributed by atoms with van der Waals surface area (Å²) >= 11 is -2.58. The molecule has 0 radical (unpaired) electrons. The second-order valence-corrected chi connectivity index (χ2v) is 45.3. The van der Waals surface area contributed by atoms with E-state index in [-0.39, 0.29) is 10.1 Å². The van der Waals surface area contributed by atoms with Gasteiger partial charge in [-0.15, -0.1) is 0 Å². The molecule has 9 nitrogen and oxygen atoms in total. The number of para-hydroxylation sites is 1. The van der Waals surface area contributed by atoms with Crippen molar-refractivity contribution in [2.45, 2.75) is 158 Å². The quantitative estimate of drug-likeness (QED) is 0.0493. The minimum absolute atomic E-state index is 0.190. The fourth-order valence-electron chi connectivity index (χ4n) is 11.8. The van der Waals surface area contributed by atoms with Crippen LogP contribution >= 0.6 is 0 Å². The molecule has 0 heterocycles. The molecule has 534 valence electrons. The molecule has 8 aromatic carbocycles. The summed E-state index contributed by atoms with van der Waals surface area (Å²) < 4.78 is 48.7. The zero-order valence-electron chi connectivity index (χ0n) is 64.2. The Balaban J connectivity index is 0.000000577. The van der Waals surface area contributed by atoms with Crippen molar-refractivity contribution in [1.82, 2.24) is 0 Å². The van der Waals surface area contributed by atoms with Crippen LogP contribution in [0.25, 0.3) is 0 Å². The molecule has 0 amide bonds. The average molecular weight is 1440 g/mol. The van der Waals surface area contributed by atoms with Gasteiger partial charge in [0.05, 0.1) is 12.8 Å². The summed E-state index contributed by atoms with van der Waals surface area (Å²) in [6, 6.07) is 83.0. The third-order valence-electron chi connectivity index (χ3n) is 16.8. The van der Waals surface area contributed by atoms with Gasteiger partial charge in [0.2, 0.25) is 8.32 Å². The molecule has 0 aromatic heterocycles. The summed E-state index contributed by atoms with van der Waals surface area (Å²) in [5.41, 5.74) is 2.58. The standard InChI is InChI=1S/C16H20O2Si.C16H20OSi.C15H18GeO.C12H28O2Si.C10H15N.C9H12O.C4H10O.C2H6/c1-3-14-18-19(17-2,15-10-6-4-7-11-15)16-12-8-5-9-13-16;1-3-14-18(17-2,15-10-6-4-7-11-15)16-12-8-5-9-13-16;1-3-16(17-2,14-10-6-4-7-11-14)15-12-8-5-9-13-15;1-9-14-10-15(13-8,11(2,3)4)12(5,6)7;1-3-11(4-2)10-8-6-5-7-9-10;1-3-10-9-6-4-8(2)5-7-9;1-3-4-5-2;1-2/h4-13H,3,14H2,1-2H3;4-13H,3,14H2,1-2H3;4-13H,3H2,1-2H3;9-10H2,1-8H3;5-9H,3-4H2,1-2H3;4-7H,3H2,1-2H3;3-4H2,1-2H3;1-2H3. The Kier molecular flexibility index (Phi) is 46.6. The fraction of sp³-hybridized carbons (Fsp3) is 0.429. The Morgan fingerprint density at radius 1 is 0.412 bits per heavy atom. The van der Waals surface area contributed by atoms with Gasteiger partial charge in [-0.25, -0.2) is 0 Å². The van der Waals surface area contributed by atoms with Crippen molar-refractivity contribution < 1.29 is 35.7 Å². The maximum absolute atomic E-state index is 6.22. The first-order valence-corrected chi connectivity index (χ1v) is 46.0. The average Bonchev–Trinajstić information content (AvgIpc) is 0.778. The van der Waals surface area contributed by atoms with Gasteiger partial charge in [-0.05, 0) is 109 Å². The summed E-state index contributed by atoms with van der Waals surface area (Å²) in [5.74, 6) is 0.952. The van der Waals surface area contributed by atoms with Gasteiger partial charge in [-0.1, -0.05) is 240 Å². The number of rotatable bonds is 26. The van der Waals surface area contributed by atoms with Crippen LogP contribution in [0.3, 0.4) is 0 Å². The molecule has 13 heteroatoms. The molecular formula is C84H129GeNO8Si3. The summed E-state index contributed by atoms with van der Waals surface area (Å²) in [5, 5.41) is 6.50. The first-order valence-electron chi connectivity index (χ1n) is 35.5. The second-order valence-electron chi connectivity index (χ2n) is 24.9. The zero-order valence-corrected chi connectivity index (χ0v) is 69.3. The van der Waals surface area contributed by atoms with E-state index < -0.39 is 38.8 Å². The van der Waals surface area contributed by atoms with E-state index in [4.69, 9.17) is 35.7 Å². The van der Waals surface area contributed by atoms with Crippen LogP contribution in [-0.2, 0) is 30.9 Å². The molecule has 0 aliphatic rings. The van der Waals surface area contributed by atoms with Gasteiger partial charge in [0, 0.05) is 67.0 Å². The van der Waals surface area contributed by atoms with E-state index in [0.717, 1.165) is 85.8 Å². The molecule has 97 heavy (non-hydrogen) atoms. The van der Waals surface area contributed by atoms with Crippen molar-refractivity contribution in [3.8, 4) is 5.75 Å². The van der Waals surface area contributed by atoms with E-state index in [0.29, 0.717) is 6.61 Å². The van der Waals surface area contributed by atoms with Crippen molar-refractivity contribution in [2.24, 2.45) is 0 Å². The van der Waals surface area contributed by atoms with E-state index in [9.17, 15) is 0 Å². The van der Waals surface area contributed by atoms with E-state index in [2.05, 4.69) is 265 Å². The Hall–Kier alpha value is -5.73. The van der Waals surface area contributed by atoms with Crippen molar-refractivity contribution in [2.75, 3.05) is 86.2 Å². The van der Waals surface area contributed by atoms with Gasteiger partial charge in [0.25, 0.3) is 8.32 Å². The first kappa shape index (κ1) is 89.3. The number of hydrogen-bond acceptors (Lipinski definition) is 9. The Morgan fingerprint density at radius 2 is 0.794 bits per heavy atom. The molecule has 0 N–H and O–H groups in total. The Labute approximate surface area is 598 Å². The number of methoxy groups -OCH3 is 1. The van der Waals surface area contributed by atoms with Crippen LogP contribution in [0.15, 0.2) is 237 Å². The maximum atomic E-state index is 6.22. The SMILES string of the molecule is CC.CCCOC.CCCO[Si](OC)(c1ccccc1)c1ccccc1.CCC[Si](OC)(c1ccccc1)c1ccccc1.CCN(CC)c1ccccc1.CCOC[Si](OC)(C(C)(C)C)C(C)(C)C.CCOc1ccc(C)cc1.C[CH2][Ge]([O]C)([c]1ccccc1)[c]1ccccc1. The van der Waals surface area contributed by atoms with Crippen molar-refractivity contribution in [1.29, 1.82) is 0 Å². The summed E-state index contributed by atoms with van der Waals surface area (Å²) in [6.07, 6.45) is 4.03. The third kappa shape index (κ3) is 28.8. The first-order chi connectivity index (χ1) is 46.7. The van der Waals surface area contributed by atoms with Gasteiger partial charge in [0.15, 0.2) is 0 Å². The molecule has 8 rings (SSSR count). The molecule has 0 bridgehead atoms. The molecule has 0 atom stereocenters. The number of hydrogen-bond donors (Lipinski definition) is 0. The molecule has 0 spiro atoms. The van der Waals surface area contributed by atoms with Crippen LogP contribution in [0.2, 0.25) is 21.4 Å². The van der Waals surface area contributed by atoms with Crippen molar-refractivity contribution >= 4 is 74.0 Å². The second kappa shape index (κ2) is 50.6. The molecule has 0 saturated carbocycles. The predicted molar refractivity (Wildman–Crippen MR) is 431 cm³/mol. The molecule has 0 saturated heterocycles. The molecular weight excluding hydrogens is 1310 g/mol. The molecule has 0 aliphatic carbocycles. The predicted octanol–water partition coefficient (Wildman–Crippen LogP) is 18.3. The van der Waals surface area contributed by atoms with Crippen molar-refractivity contribution in [3.63, 3.8) is 0 Å². The van der Waals surface area contributed by atoms with Crippen LogP contribution in [0, 0.1) is 6.92 Å². The van der Waals surface area contributed by atoms with Gasteiger partial charge in [-0.2, -0.15) is 0 Å². The Morgan fingerprint density at radius 3 is 1.07 bits per heavy atom. The zero-order chi connectivity index (χ0) is 72.5. The van der Waals surface area contributed by atoms with Gasteiger partial charge < -0.3 is 36.8 Å². The summed E-state index contributed by atoms with van der Waals surface area (Å²) in [6.45, 7) is 42.0. The number of aryl methyl sites for hydroxylation is 1. The fourth-order valence-corrected chi connectivity index (χ4v) is 30.6. The molecule has 0 unspecified atom stereocenters. The van der Waals surface area contributed by atoms with Crippen LogP contribution in [-0.4, -0.2) is 120 Å². The number of ether oxygens (including phenoxy) is 3. The minimum atomic E-state index is -2.58. The topological polar surface area (TPSA) is 77.1 Å². The third-order valence-corrected chi connectivity index (χ3v) is 39.6. The molecule has 0 fully saturated rings. The molecule has 8 aromatic rings. The van der Waals surface area contributed by atoms with E-state index in [1.807, 2.05) is 116 Å². The van der Waals surface area contributed by atoms with Gasteiger partial charge >= 0.3 is 115 Å². The van der Waals surface area contributed by atoms with Crippen LogP contribution < -0.4 is 39.2 Å². The van der Waals surface area contributed by atoms with E-state index in [1.165, 1.54) is 30.4 Å². The van der Waals surface area contributed by atoms with Crippen LogP contribution in [0.4, 0.5) is 5.69 Å². The summed E-state index contributed by atoms with van der Waals surface area (Å²) in [4.78, 5) is 2.33. The van der Waals surface area contributed by atoms with E-state index >= 15 is 0 Å². The van der Waals surface area contributed by atoms with Gasteiger partial charge in [0.1, 0.15) is 5.75 Å². The van der Waals surface area contributed by atoms with Crippen LogP contribution in [0.5, 0.6) is 5.75 Å². The number of benzene rings is 8. The monoisotopic (exact) mass is 1440 g/mol. The van der Waals surface area contributed by atoms with Gasteiger partial charge in [-0.3, -0.25) is 0 Å². The number of nitrogens with zero attached hydrogens (tertiary/aromatic N) is 1. The van der Waals surface area contributed by atoms with Crippen molar-refractivity contribution in [3.05, 3.63) is 242 Å². The van der Waals surface area contributed by atoms with Crippen LogP contribution in [0.1, 0.15) is 136 Å². The Bertz CT molecular complexity index is 2950. The normalized spacial score (nSPS) is 11.2. The number of anilines is 1. The summed E-state index contributed by atoms with van der Waals surface area (Å²) in [7, 11) is 2.56.